The number of hydrogen-bond acceptors (Lipinski definition) is 15. The molecule has 0 aliphatic carbocycles. The highest BCUT2D eigenvalue weighted by Crippen LogP contribution is 2.45. The summed E-state index contributed by atoms with van der Waals surface area (Å²) in [6.07, 6.45) is 66.5. The Morgan fingerprint density at radius 2 is 0.447 bits per heavy atom. The Kier molecular flexibility index (Phi) is 74.1. The zero-order valence-electron chi connectivity index (χ0n) is 67.6. The fraction of sp³-hybridized carbons (Fsp3) is 0.952. The molecule has 0 fully saturated rings. The van der Waals surface area contributed by atoms with Crippen LogP contribution in [0, 0.1) is 11.8 Å². The molecule has 0 spiro atoms. The fourth-order valence-electron chi connectivity index (χ4n) is 13.1. The molecular formula is C84H164O17P2. The number of hydrogen-bond donors (Lipinski definition) is 3. The van der Waals surface area contributed by atoms with Gasteiger partial charge < -0.3 is 33.8 Å². The summed E-state index contributed by atoms with van der Waals surface area (Å²) in [5.74, 6) is -0.500. The van der Waals surface area contributed by atoms with Crippen LogP contribution >= 0.6 is 15.6 Å². The number of ether oxygens (including phenoxy) is 4. The van der Waals surface area contributed by atoms with Gasteiger partial charge in [0.15, 0.2) is 12.2 Å². The number of phosphoric acid groups is 2. The van der Waals surface area contributed by atoms with Crippen molar-refractivity contribution in [1.29, 1.82) is 0 Å². The predicted molar refractivity (Wildman–Crippen MR) is 423 cm³/mol. The number of esters is 4. The van der Waals surface area contributed by atoms with Gasteiger partial charge >= 0.3 is 39.5 Å². The number of carbonyl (C=O) groups is 4. The van der Waals surface area contributed by atoms with Gasteiger partial charge in [0.25, 0.3) is 0 Å². The second-order valence-electron chi connectivity index (χ2n) is 31.2. The van der Waals surface area contributed by atoms with Crippen molar-refractivity contribution >= 4 is 39.5 Å². The average molecular weight is 1510 g/mol. The third-order valence-electron chi connectivity index (χ3n) is 19.7. The van der Waals surface area contributed by atoms with E-state index in [-0.39, 0.29) is 25.7 Å². The van der Waals surface area contributed by atoms with Gasteiger partial charge in [-0.05, 0) is 37.5 Å². The Morgan fingerprint density at radius 3 is 0.660 bits per heavy atom. The molecule has 0 aromatic rings. The van der Waals surface area contributed by atoms with Gasteiger partial charge in [-0.25, -0.2) is 9.13 Å². The third-order valence-corrected chi connectivity index (χ3v) is 21.6. The van der Waals surface area contributed by atoms with Crippen LogP contribution < -0.4 is 0 Å². The van der Waals surface area contributed by atoms with Crippen LogP contribution in [0.2, 0.25) is 0 Å². The van der Waals surface area contributed by atoms with E-state index in [1.807, 2.05) is 0 Å². The van der Waals surface area contributed by atoms with Gasteiger partial charge in [0.05, 0.1) is 26.4 Å². The summed E-state index contributed by atoms with van der Waals surface area (Å²) in [7, 11) is -9.92. The second-order valence-corrected chi connectivity index (χ2v) is 34.1. The lowest BCUT2D eigenvalue weighted by atomic mass is 10.0. The lowest BCUT2D eigenvalue weighted by Crippen LogP contribution is -2.30. The minimum Gasteiger partial charge on any atom is -0.462 e. The monoisotopic (exact) mass is 1510 g/mol. The average Bonchev–Trinajstić information content (AvgIpc) is 0.916. The van der Waals surface area contributed by atoms with Crippen LogP contribution in [0.1, 0.15) is 446 Å². The molecule has 103 heavy (non-hydrogen) atoms. The molecule has 0 aromatic heterocycles. The van der Waals surface area contributed by atoms with E-state index in [1.54, 1.807) is 0 Å². The van der Waals surface area contributed by atoms with Crippen LogP contribution in [0.25, 0.3) is 0 Å². The van der Waals surface area contributed by atoms with Crippen molar-refractivity contribution in [3.8, 4) is 0 Å². The smallest absolute Gasteiger partial charge is 0.462 e. The van der Waals surface area contributed by atoms with Crippen LogP contribution in [-0.4, -0.2) is 96.7 Å². The maximum atomic E-state index is 13.1. The molecule has 17 nitrogen and oxygen atoms in total. The third kappa shape index (κ3) is 78.0. The molecular weight excluding hydrogens is 1340 g/mol. The molecule has 0 heterocycles. The van der Waals surface area contributed by atoms with Crippen molar-refractivity contribution in [2.45, 2.75) is 464 Å². The number of aliphatic hydroxyl groups excluding tert-OH is 1. The Labute approximate surface area is 632 Å². The summed E-state index contributed by atoms with van der Waals surface area (Å²) in [4.78, 5) is 73.2. The standard InChI is InChI=1S/C84H164O17P2/c1-7-9-11-13-15-17-19-20-21-22-25-32-38-44-50-56-62-68-83(88)100-79(72-94-81(86)66-60-54-48-42-34-18-16-14-12-10-8-2)74-98-102(90,91)96-70-78(85)71-97-103(92,93)99-75-80(73-95-82(87)67-61-55-49-43-37-31-28-27-30-36-41-47-53-59-65-77(5)6)101-84(89)69-63-57-51-45-39-33-26-23-24-29-35-40-46-52-58-64-76(3)4/h76-80,85H,7-75H2,1-6H3,(H,90,91)(H,92,93)/t78-,79+,80+/m0/s1. The van der Waals surface area contributed by atoms with E-state index in [0.717, 1.165) is 102 Å². The Morgan fingerprint density at radius 1 is 0.262 bits per heavy atom. The quantitative estimate of drug-likeness (QED) is 0.0222. The molecule has 0 aliphatic rings. The summed E-state index contributed by atoms with van der Waals surface area (Å²) >= 11 is 0. The zero-order valence-corrected chi connectivity index (χ0v) is 69.4. The Bertz CT molecular complexity index is 1980. The topological polar surface area (TPSA) is 237 Å². The molecule has 0 rings (SSSR count). The van der Waals surface area contributed by atoms with Gasteiger partial charge in [-0.2, -0.15) is 0 Å². The summed E-state index contributed by atoms with van der Waals surface area (Å²) in [6.45, 7) is 9.71. The van der Waals surface area contributed by atoms with E-state index >= 15 is 0 Å². The van der Waals surface area contributed by atoms with E-state index in [2.05, 4.69) is 41.5 Å². The van der Waals surface area contributed by atoms with Gasteiger partial charge in [0.1, 0.15) is 19.3 Å². The Hall–Kier alpha value is -1.94. The molecule has 0 aliphatic heterocycles. The highest BCUT2D eigenvalue weighted by atomic mass is 31.2. The summed E-state index contributed by atoms with van der Waals surface area (Å²) in [5.41, 5.74) is 0. The van der Waals surface area contributed by atoms with Crippen LogP contribution in [0.5, 0.6) is 0 Å². The lowest BCUT2D eigenvalue weighted by molar-refractivity contribution is -0.161. The summed E-state index contributed by atoms with van der Waals surface area (Å²) < 4.78 is 68.9. The van der Waals surface area contributed by atoms with Crippen LogP contribution in [0.3, 0.4) is 0 Å². The summed E-state index contributed by atoms with van der Waals surface area (Å²) in [5, 5.41) is 10.7. The van der Waals surface area contributed by atoms with Crippen molar-refractivity contribution < 1.29 is 80.2 Å². The molecule has 0 bridgehead atoms. The number of phosphoric ester groups is 2. The molecule has 2 unspecified atom stereocenters. The molecule has 0 aromatic carbocycles. The van der Waals surface area contributed by atoms with Gasteiger partial charge in [-0.3, -0.25) is 37.3 Å². The molecule has 0 saturated heterocycles. The van der Waals surface area contributed by atoms with Crippen molar-refractivity contribution in [3.05, 3.63) is 0 Å². The largest absolute Gasteiger partial charge is 0.472 e. The first kappa shape index (κ1) is 101. The molecule has 5 atom stereocenters. The van der Waals surface area contributed by atoms with E-state index in [0.29, 0.717) is 25.7 Å². The number of rotatable bonds is 83. The molecule has 0 saturated carbocycles. The van der Waals surface area contributed by atoms with E-state index in [4.69, 9.17) is 37.0 Å². The van der Waals surface area contributed by atoms with Crippen molar-refractivity contribution in [1.82, 2.24) is 0 Å². The zero-order chi connectivity index (χ0) is 75.6. The molecule has 19 heteroatoms. The highest BCUT2D eigenvalue weighted by Gasteiger charge is 2.30. The summed E-state index contributed by atoms with van der Waals surface area (Å²) in [6, 6.07) is 0. The maximum absolute atomic E-state index is 13.1. The normalized spacial score (nSPS) is 13.9. The minimum atomic E-state index is -4.96. The lowest BCUT2D eigenvalue weighted by Gasteiger charge is -2.21. The molecule has 612 valence electrons. The number of aliphatic hydroxyl groups is 1. The van der Waals surface area contributed by atoms with E-state index < -0.39 is 97.5 Å². The van der Waals surface area contributed by atoms with E-state index in [9.17, 15) is 43.2 Å². The number of unbranched alkanes of at least 4 members (excludes halogenated alkanes) is 53. The SMILES string of the molecule is CCCCCCCCCCCCCCCCCCCC(=O)O[C@H](COC(=O)CCCCCCCCCCCCC)COP(=O)(O)OC[C@H](O)COP(=O)(O)OC[C@@H](COC(=O)CCCCCCCCCCCCCCCCC(C)C)OC(=O)CCCCCCCCCCCCCCCCCC(C)C. The van der Waals surface area contributed by atoms with E-state index in [1.165, 1.54) is 263 Å². The first-order chi connectivity index (χ1) is 49.9. The first-order valence-corrected chi connectivity index (χ1v) is 46.5. The van der Waals surface area contributed by atoms with Crippen LogP contribution in [0.4, 0.5) is 0 Å². The molecule has 3 N–H and O–H groups in total. The maximum Gasteiger partial charge on any atom is 0.472 e. The molecule has 0 amide bonds. The van der Waals surface area contributed by atoms with Crippen molar-refractivity contribution in [2.24, 2.45) is 11.8 Å². The fourth-order valence-corrected chi connectivity index (χ4v) is 14.6. The number of carbonyl (C=O) groups excluding carboxylic acids is 4. The van der Waals surface area contributed by atoms with Crippen LogP contribution in [-0.2, 0) is 65.4 Å². The Balaban J connectivity index is 5.25. The second kappa shape index (κ2) is 75.5. The van der Waals surface area contributed by atoms with Crippen molar-refractivity contribution in [2.75, 3.05) is 39.6 Å². The first-order valence-electron chi connectivity index (χ1n) is 43.5. The van der Waals surface area contributed by atoms with Gasteiger partial charge in [0, 0.05) is 25.7 Å². The van der Waals surface area contributed by atoms with Gasteiger partial charge in [0.2, 0.25) is 0 Å². The van der Waals surface area contributed by atoms with Gasteiger partial charge in [-0.1, -0.05) is 395 Å². The van der Waals surface area contributed by atoms with Crippen molar-refractivity contribution in [3.63, 3.8) is 0 Å². The highest BCUT2D eigenvalue weighted by molar-refractivity contribution is 7.47. The van der Waals surface area contributed by atoms with Gasteiger partial charge in [-0.15, -0.1) is 0 Å². The minimum absolute atomic E-state index is 0.108. The predicted octanol–water partition coefficient (Wildman–Crippen LogP) is 25.5. The molecule has 0 radical (unpaired) electrons. The van der Waals surface area contributed by atoms with Crippen LogP contribution in [0.15, 0.2) is 0 Å².